The SMILES string of the molecule is CCOc1cc(/C=C(\C#N)C(=O)Nc2sc3c(c2C#N)CCCC3)c(Br)cc1OCc1ccc([N+](=O)[O-])cc1. The van der Waals surface area contributed by atoms with Crippen molar-refractivity contribution in [1.82, 2.24) is 0 Å². The van der Waals surface area contributed by atoms with Gasteiger partial charge in [-0.2, -0.15) is 10.5 Å². The molecule has 1 heterocycles. The molecule has 0 aliphatic heterocycles. The Morgan fingerprint density at radius 3 is 2.56 bits per heavy atom. The maximum Gasteiger partial charge on any atom is 0.269 e. The van der Waals surface area contributed by atoms with E-state index in [1.807, 2.05) is 13.0 Å². The maximum atomic E-state index is 13.0. The molecule has 0 bridgehead atoms. The highest BCUT2D eigenvalue weighted by molar-refractivity contribution is 9.10. The predicted molar refractivity (Wildman–Crippen MR) is 151 cm³/mol. The minimum Gasteiger partial charge on any atom is -0.490 e. The molecule has 1 amide bonds. The summed E-state index contributed by atoms with van der Waals surface area (Å²) in [7, 11) is 0. The van der Waals surface area contributed by atoms with Crippen molar-refractivity contribution in [2.75, 3.05) is 11.9 Å². The van der Waals surface area contributed by atoms with Gasteiger partial charge in [-0.3, -0.25) is 14.9 Å². The van der Waals surface area contributed by atoms with Crippen molar-refractivity contribution in [1.29, 1.82) is 10.5 Å². The number of fused-ring (bicyclic) bond motifs is 1. The van der Waals surface area contributed by atoms with Gasteiger partial charge in [0.2, 0.25) is 0 Å². The first-order valence-electron chi connectivity index (χ1n) is 12.1. The number of rotatable bonds is 9. The molecule has 39 heavy (non-hydrogen) atoms. The zero-order chi connectivity index (χ0) is 27.9. The van der Waals surface area contributed by atoms with Crippen LogP contribution in [-0.4, -0.2) is 17.4 Å². The summed E-state index contributed by atoms with van der Waals surface area (Å²) >= 11 is 4.88. The van der Waals surface area contributed by atoms with Crippen molar-refractivity contribution in [3.8, 4) is 23.6 Å². The molecule has 1 N–H and O–H groups in total. The van der Waals surface area contributed by atoms with Gasteiger partial charge in [0.25, 0.3) is 11.6 Å². The van der Waals surface area contributed by atoms with E-state index in [4.69, 9.17) is 9.47 Å². The molecular formula is C28H23BrN4O5S. The van der Waals surface area contributed by atoms with E-state index in [-0.39, 0.29) is 17.9 Å². The lowest BCUT2D eigenvalue weighted by atomic mass is 9.96. The molecule has 1 aliphatic rings. The average molecular weight is 607 g/mol. The first-order chi connectivity index (χ1) is 18.8. The first kappa shape index (κ1) is 27.8. The van der Waals surface area contributed by atoms with E-state index in [0.29, 0.717) is 38.7 Å². The number of nitrogens with zero attached hydrogens (tertiary/aromatic N) is 3. The van der Waals surface area contributed by atoms with Crippen LogP contribution in [0, 0.1) is 32.8 Å². The molecule has 0 saturated carbocycles. The number of hydrogen-bond donors (Lipinski definition) is 1. The zero-order valence-electron chi connectivity index (χ0n) is 21.0. The molecule has 198 valence electrons. The van der Waals surface area contributed by atoms with E-state index in [0.717, 1.165) is 41.7 Å². The van der Waals surface area contributed by atoms with Crippen LogP contribution in [0.2, 0.25) is 0 Å². The number of benzene rings is 2. The molecule has 1 aromatic heterocycles. The van der Waals surface area contributed by atoms with Crippen molar-refractivity contribution < 1.29 is 19.2 Å². The van der Waals surface area contributed by atoms with Crippen LogP contribution >= 0.6 is 27.3 Å². The summed E-state index contributed by atoms with van der Waals surface area (Å²) in [6, 6.07) is 13.5. The van der Waals surface area contributed by atoms with Gasteiger partial charge in [0.1, 0.15) is 29.3 Å². The van der Waals surface area contributed by atoms with Crippen molar-refractivity contribution in [3.05, 3.63) is 83.7 Å². The fraction of sp³-hybridized carbons (Fsp3) is 0.250. The van der Waals surface area contributed by atoms with E-state index >= 15 is 0 Å². The van der Waals surface area contributed by atoms with Gasteiger partial charge in [-0.15, -0.1) is 11.3 Å². The third kappa shape index (κ3) is 6.45. The minimum atomic E-state index is -0.601. The van der Waals surface area contributed by atoms with Crippen LogP contribution < -0.4 is 14.8 Å². The number of non-ortho nitro benzene ring substituents is 1. The quantitative estimate of drug-likeness (QED) is 0.124. The molecule has 0 radical (unpaired) electrons. The molecule has 4 rings (SSSR count). The van der Waals surface area contributed by atoms with Crippen molar-refractivity contribution >= 4 is 49.9 Å². The van der Waals surface area contributed by atoms with Gasteiger partial charge in [-0.1, -0.05) is 15.9 Å². The number of nitro groups is 1. The summed E-state index contributed by atoms with van der Waals surface area (Å²) in [4.78, 5) is 24.5. The van der Waals surface area contributed by atoms with Crippen LogP contribution in [-0.2, 0) is 24.2 Å². The standard InChI is InChI=1S/C28H23BrN4O5S/c1-2-37-24-12-18(23(29)13-25(24)38-16-17-7-9-20(10-8-17)33(35)36)11-19(14-30)27(34)32-28-22(15-31)21-5-3-4-6-26(21)39-28/h7-13H,2-6,16H2,1H3,(H,32,34)/b19-11+. The Morgan fingerprint density at radius 1 is 1.18 bits per heavy atom. The lowest BCUT2D eigenvalue weighted by Gasteiger charge is -2.14. The van der Waals surface area contributed by atoms with Crippen molar-refractivity contribution in [2.45, 2.75) is 39.2 Å². The normalized spacial score (nSPS) is 12.6. The lowest BCUT2D eigenvalue weighted by molar-refractivity contribution is -0.384. The number of thiophene rings is 1. The highest BCUT2D eigenvalue weighted by Crippen LogP contribution is 2.38. The number of aryl methyl sites for hydroxylation is 1. The number of carbonyl (C=O) groups is 1. The van der Waals surface area contributed by atoms with Crippen LogP contribution in [0.15, 0.2) is 46.4 Å². The number of hydrogen-bond acceptors (Lipinski definition) is 8. The second-order valence-corrected chi connectivity index (χ2v) is 10.6. The summed E-state index contributed by atoms with van der Waals surface area (Å²) < 4.78 is 12.2. The second-order valence-electron chi connectivity index (χ2n) is 8.62. The van der Waals surface area contributed by atoms with Crippen LogP contribution in [0.25, 0.3) is 6.08 Å². The van der Waals surface area contributed by atoms with Crippen LogP contribution in [0.1, 0.15) is 46.9 Å². The number of halogens is 1. The summed E-state index contributed by atoms with van der Waals surface area (Å²) in [5.74, 6) is 0.227. The Labute approximate surface area is 237 Å². The monoisotopic (exact) mass is 606 g/mol. The molecule has 3 aromatic rings. The van der Waals surface area contributed by atoms with Crippen LogP contribution in [0.3, 0.4) is 0 Å². The number of ether oxygens (including phenoxy) is 2. The van der Waals surface area contributed by atoms with Gasteiger partial charge < -0.3 is 14.8 Å². The summed E-state index contributed by atoms with van der Waals surface area (Å²) in [6.45, 7) is 2.32. The highest BCUT2D eigenvalue weighted by atomic mass is 79.9. The molecule has 1 aliphatic carbocycles. The Kier molecular flexibility index (Phi) is 8.97. The van der Waals surface area contributed by atoms with Gasteiger partial charge in [0.15, 0.2) is 11.5 Å². The highest BCUT2D eigenvalue weighted by Gasteiger charge is 2.23. The Balaban J connectivity index is 1.56. The molecule has 0 atom stereocenters. The smallest absolute Gasteiger partial charge is 0.269 e. The number of nitro benzene ring substituents is 1. The van der Waals surface area contributed by atoms with E-state index in [2.05, 4.69) is 27.3 Å². The fourth-order valence-electron chi connectivity index (χ4n) is 4.16. The van der Waals surface area contributed by atoms with Crippen LogP contribution in [0.5, 0.6) is 11.5 Å². The van der Waals surface area contributed by atoms with Crippen molar-refractivity contribution in [3.63, 3.8) is 0 Å². The molecule has 11 heteroatoms. The minimum absolute atomic E-state index is 0.00694. The van der Waals surface area contributed by atoms with Gasteiger partial charge in [-0.25, -0.2) is 0 Å². The molecule has 0 saturated heterocycles. The van der Waals surface area contributed by atoms with E-state index in [9.17, 15) is 25.4 Å². The van der Waals surface area contributed by atoms with Gasteiger partial charge in [-0.05, 0) is 79.6 Å². The topological polar surface area (TPSA) is 138 Å². The summed E-state index contributed by atoms with van der Waals surface area (Å²) in [6.07, 6.45) is 5.22. The number of amides is 1. The fourth-order valence-corrected chi connectivity index (χ4v) is 5.84. The Morgan fingerprint density at radius 2 is 1.90 bits per heavy atom. The molecule has 0 spiro atoms. The third-order valence-corrected chi connectivity index (χ3v) is 7.97. The number of nitrogens with one attached hydrogen (secondary N) is 1. The summed E-state index contributed by atoms with van der Waals surface area (Å²) in [5.41, 5.74) is 2.60. The van der Waals surface area contributed by atoms with Gasteiger partial charge in [0.05, 0.1) is 17.1 Å². The van der Waals surface area contributed by atoms with E-state index < -0.39 is 10.8 Å². The molecule has 2 aromatic carbocycles. The molecule has 0 fully saturated rings. The number of nitriles is 2. The Hall–Kier alpha value is -4.19. The molecular weight excluding hydrogens is 584 g/mol. The summed E-state index contributed by atoms with van der Waals surface area (Å²) in [5, 5.41) is 33.5. The second kappa shape index (κ2) is 12.6. The third-order valence-electron chi connectivity index (χ3n) is 6.08. The Bertz CT molecular complexity index is 1530. The number of anilines is 1. The average Bonchev–Trinajstić information content (AvgIpc) is 3.29. The van der Waals surface area contributed by atoms with Gasteiger partial charge in [0, 0.05) is 21.5 Å². The first-order valence-corrected chi connectivity index (χ1v) is 13.8. The van der Waals surface area contributed by atoms with Crippen molar-refractivity contribution in [2.24, 2.45) is 0 Å². The van der Waals surface area contributed by atoms with E-state index in [1.165, 1.54) is 29.5 Å². The predicted octanol–water partition coefficient (Wildman–Crippen LogP) is 6.69. The molecule has 9 nitrogen and oxygen atoms in total. The largest absolute Gasteiger partial charge is 0.490 e. The zero-order valence-corrected chi connectivity index (χ0v) is 23.4. The van der Waals surface area contributed by atoms with Gasteiger partial charge >= 0.3 is 0 Å². The molecule has 0 unspecified atom stereocenters. The van der Waals surface area contributed by atoms with E-state index in [1.54, 1.807) is 24.3 Å². The van der Waals surface area contributed by atoms with Crippen LogP contribution in [0.4, 0.5) is 10.7 Å². The maximum absolute atomic E-state index is 13.0. The number of carbonyl (C=O) groups excluding carboxylic acids is 1. The lowest BCUT2D eigenvalue weighted by Crippen LogP contribution is -2.13.